The van der Waals surface area contributed by atoms with Crippen molar-refractivity contribution >= 4 is 11.6 Å². The number of ether oxygens (including phenoxy) is 3. The van der Waals surface area contributed by atoms with E-state index in [4.69, 9.17) is 25.8 Å². The van der Waals surface area contributed by atoms with Gasteiger partial charge >= 0.3 is 0 Å². The maximum atomic E-state index is 6.64. The number of aryl methyl sites for hydroxylation is 1. The summed E-state index contributed by atoms with van der Waals surface area (Å²) in [4.78, 5) is 0. The van der Waals surface area contributed by atoms with Crippen molar-refractivity contribution in [3.63, 3.8) is 0 Å². The van der Waals surface area contributed by atoms with Gasteiger partial charge in [0, 0.05) is 7.11 Å². The van der Waals surface area contributed by atoms with E-state index in [0.29, 0.717) is 0 Å². The lowest BCUT2D eigenvalue weighted by atomic mass is 9.75. The summed E-state index contributed by atoms with van der Waals surface area (Å²) in [5, 5.41) is -0.0740. The van der Waals surface area contributed by atoms with Gasteiger partial charge in [0.2, 0.25) is 0 Å². The van der Waals surface area contributed by atoms with E-state index < -0.39 is 0 Å². The van der Waals surface area contributed by atoms with Crippen molar-refractivity contribution < 1.29 is 14.2 Å². The van der Waals surface area contributed by atoms with Gasteiger partial charge < -0.3 is 14.2 Å². The molecule has 4 heteroatoms. The van der Waals surface area contributed by atoms with Crippen molar-refractivity contribution in [1.82, 2.24) is 0 Å². The average Bonchev–Trinajstić information content (AvgIpc) is 2.42. The molecule has 1 saturated carbocycles. The summed E-state index contributed by atoms with van der Waals surface area (Å²) in [5.74, 6) is 1.46. The van der Waals surface area contributed by atoms with Crippen LogP contribution < -0.4 is 9.47 Å². The second-order valence-electron chi connectivity index (χ2n) is 5.48. The molecule has 1 aliphatic rings. The van der Waals surface area contributed by atoms with Crippen LogP contribution in [0.25, 0.3) is 0 Å². The molecule has 1 atom stereocenters. The van der Waals surface area contributed by atoms with Gasteiger partial charge in [-0.05, 0) is 55.9 Å². The molecular weight excluding hydrogens is 276 g/mol. The fourth-order valence-electron chi connectivity index (χ4n) is 2.83. The van der Waals surface area contributed by atoms with Crippen LogP contribution in [0.4, 0.5) is 0 Å². The van der Waals surface area contributed by atoms with E-state index in [-0.39, 0.29) is 11.0 Å². The summed E-state index contributed by atoms with van der Waals surface area (Å²) in [6, 6.07) is 3.96. The van der Waals surface area contributed by atoms with E-state index in [1.54, 1.807) is 21.3 Å². The molecular formula is C16H23ClO3. The van der Waals surface area contributed by atoms with E-state index >= 15 is 0 Å². The Hall–Kier alpha value is -0.930. The molecule has 3 nitrogen and oxygen atoms in total. The maximum absolute atomic E-state index is 6.64. The van der Waals surface area contributed by atoms with Gasteiger partial charge in [0.05, 0.1) is 25.2 Å². The van der Waals surface area contributed by atoms with E-state index in [0.717, 1.165) is 41.9 Å². The normalized spacial score (nSPS) is 18.2. The molecule has 1 aliphatic carbocycles. The van der Waals surface area contributed by atoms with Crippen LogP contribution >= 0.6 is 11.6 Å². The lowest BCUT2D eigenvalue weighted by Gasteiger charge is -2.42. The summed E-state index contributed by atoms with van der Waals surface area (Å²) in [7, 11) is 5.07. The molecule has 0 bridgehead atoms. The highest BCUT2D eigenvalue weighted by Crippen LogP contribution is 2.45. The van der Waals surface area contributed by atoms with Crippen molar-refractivity contribution in [3.8, 4) is 11.5 Å². The molecule has 0 amide bonds. The molecule has 0 aliphatic heterocycles. The van der Waals surface area contributed by atoms with Crippen molar-refractivity contribution in [2.24, 2.45) is 0 Å². The molecule has 1 aromatic carbocycles. The van der Waals surface area contributed by atoms with Gasteiger partial charge in [0.1, 0.15) is 0 Å². The second-order valence-corrected chi connectivity index (χ2v) is 6.00. The van der Waals surface area contributed by atoms with E-state index in [9.17, 15) is 0 Å². The first-order valence-electron chi connectivity index (χ1n) is 6.97. The van der Waals surface area contributed by atoms with Crippen LogP contribution in [0.15, 0.2) is 12.1 Å². The minimum Gasteiger partial charge on any atom is -0.493 e. The van der Waals surface area contributed by atoms with Crippen LogP contribution in [0.3, 0.4) is 0 Å². The Bertz CT molecular complexity index is 464. The van der Waals surface area contributed by atoms with Crippen LogP contribution in [0.5, 0.6) is 11.5 Å². The predicted octanol–water partition coefficient (Wildman–Crippen LogP) is 4.25. The van der Waals surface area contributed by atoms with Gasteiger partial charge in [-0.2, -0.15) is 0 Å². The van der Waals surface area contributed by atoms with Gasteiger partial charge in [-0.1, -0.05) is 0 Å². The SMILES string of the molecule is COc1cc(C)c(C(Cl)CC2(OC)CCC2)cc1OC. The maximum Gasteiger partial charge on any atom is 0.161 e. The zero-order valence-electron chi connectivity index (χ0n) is 12.7. The molecule has 0 saturated heterocycles. The molecule has 0 heterocycles. The first kappa shape index (κ1) is 15.5. The number of hydrogen-bond acceptors (Lipinski definition) is 3. The van der Waals surface area contributed by atoms with Gasteiger partial charge in [-0.3, -0.25) is 0 Å². The summed E-state index contributed by atoms with van der Waals surface area (Å²) in [6.07, 6.45) is 4.25. The van der Waals surface area contributed by atoms with Crippen molar-refractivity contribution in [1.29, 1.82) is 0 Å². The van der Waals surface area contributed by atoms with E-state index in [1.165, 1.54) is 6.42 Å². The summed E-state index contributed by atoms with van der Waals surface area (Å²) >= 11 is 6.64. The third kappa shape index (κ3) is 2.89. The molecule has 20 heavy (non-hydrogen) atoms. The van der Waals surface area contributed by atoms with Crippen molar-refractivity contribution in [3.05, 3.63) is 23.3 Å². The Morgan fingerprint density at radius 3 is 2.20 bits per heavy atom. The second kappa shape index (κ2) is 6.23. The predicted molar refractivity (Wildman–Crippen MR) is 81.1 cm³/mol. The highest BCUT2D eigenvalue weighted by atomic mass is 35.5. The monoisotopic (exact) mass is 298 g/mol. The largest absolute Gasteiger partial charge is 0.493 e. The molecule has 0 aromatic heterocycles. The Labute approximate surface area is 126 Å². The average molecular weight is 299 g/mol. The Morgan fingerprint density at radius 1 is 1.15 bits per heavy atom. The number of hydrogen-bond donors (Lipinski definition) is 0. The molecule has 0 N–H and O–H groups in total. The summed E-state index contributed by atoms with van der Waals surface area (Å²) < 4.78 is 16.3. The lowest BCUT2D eigenvalue weighted by Crippen LogP contribution is -2.40. The first-order chi connectivity index (χ1) is 9.55. The smallest absolute Gasteiger partial charge is 0.161 e. The van der Waals surface area contributed by atoms with Crippen LogP contribution in [0.1, 0.15) is 42.2 Å². The number of alkyl halides is 1. The van der Waals surface area contributed by atoms with Gasteiger partial charge in [-0.15, -0.1) is 11.6 Å². The van der Waals surface area contributed by atoms with Crippen LogP contribution in [0, 0.1) is 6.92 Å². The zero-order valence-corrected chi connectivity index (χ0v) is 13.4. The molecule has 112 valence electrons. The third-order valence-corrected chi connectivity index (χ3v) is 4.75. The van der Waals surface area contributed by atoms with Gasteiger partial charge in [0.25, 0.3) is 0 Å². The lowest BCUT2D eigenvalue weighted by molar-refractivity contribution is -0.0780. The van der Waals surface area contributed by atoms with Crippen molar-refractivity contribution in [2.75, 3.05) is 21.3 Å². The third-order valence-electron chi connectivity index (χ3n) is 4.36. The molecule has 1 unspecified atom stereocenters. The molecule has 0 radical (unpaired) electrons. The molecule has 1 fully saturated rings. The number of methoxy groups -OCH3 is 3. The van der Waals surface area contributed by atoms with E-state index in [1.807, 2.05) is 19.1 Å². The molecule has 0 spiro atoms. The van der Waals surface area contributed by atoms with E-state index in [2.05, 4.69) is 0 Å². The molecule has 2 rings (SSSR count). The first-order valence-corrected chi connectivity index (χ1v) is 7.40. The Morgan fingerprint density at radius 2 is 1.75 bits per heavy atom. The van der Waals surface area contributed by atoms with Gasteiger partial charge in [0.15, 0.2) is 11.5 Å². The highest BCUT2D eigenvalue weighted by Gasteiger charge is 2.39. The number of benzene rings is 1. The zero-order chi connectivity index (χ0) is 14.8. The van der Waals surface area contributed by atoms with Crippen LogP contribution in [-0.4, -0.2) is 26.9 Å². The Kier molecular flexibility index (Phi) is 4.82. The molecule has 1 aromatic rings. The Balaban J connectivity index is 2.23. The number of rotatable bonds is 6. The summed E-state index contributed by atoms with van der Waals surface area (Å²) in [6.45, 7) is 2.05. The minimum absolute atomic E-state index is 0.0357. The summed E-state index contributed by atoms with van der Waals surface area (Å²) in [5.41, 5.74) is 2.17. The van der Waals surface area contributed by atoms with Crippen LogP contribution in [0.2, 0.25) is 0 Å². The quantitative estimate of drug-likeness (QED) is 0.735. The minimum atomic E-state index is -0.0740. The topological polar surface area (TPSA) is 27.7 Å². The standard InChI is InChI=1S/C16H23ClO3/c1-11-8-14(18-2)15(19-3)9-12(11)13(17)10-16(20-4)6-5-7-16/h8-9,13H,5-7,10H2,1-4H3. The number of halogens is 1. The fraction of sp³-hybridized carbons (Fsp3) is 0.625. The van der Waals surface area contributed by atoms with Crippen molar-refractivity contribution in [2.45, 2.75) is 43.6 Å². The van der Waals surface area contributed by atoms with Crippen LogP contribution in [-0.2, 0) is 4.74 Å². The highest BCUT2D eigenvalue weighted by molar-refractivity contribution is 6.21. The van der Waals surface area contributed by atoms with Gasteiger partial charge in [-0.25, -0.2) is 0 Å². The fourth-order valence-corrected chi connectivity index (χ4v) is 3.35.